The second-order valence-electron chi connectivity index (χ2n) is 8.82. The molecule has 1 fully saturated rings. The molecule has 0 atom stereocenters. The first-order valence-electron chi connectivity index (χ1n) is 12.1. The summed E-state index contributed by atoms with van der Waals surface area (Å²) >= 11 is 0. The van der Waals surface area contributed by atoms with Crippen LogP contribution in [0.25, 0.3) is 11.3 Å². The molecule has 8 heteroatoms. The number of nitrogens with zero attached hydrogens (tertiary/aromatic N) is 5. The van der Waals surface area contributed by atoms with Crippen molar-refractivity contribution in [1.82, 2.24) is 19.9 Å². The molecule has 1 saturated heterocycles. The van der Waals surface area contributed by atoms with E-state index < -0.39 is 0 Å². The van der Waals surface area contributed by atoms with E-state index in [1.54, 1.807) is 6.20 Å². The van der Waals surface area contributed by atoms with Crippen molar-refractivity contribution in [3.63, 3.8) is 0 Å². The van der Waals surface area contributed by atoms with Gasteiger partial charge in [-0.1, -0.05) is 24.3 Å². The highest BCUT2D eigenvalue weighted by atomic mass is 16.1. The Bertz CT molecular complexity index is 1300. The highest BCUT2D eigenvalue weighted by Gasteiger charge is 2.17. The van der Waals surface area contributed by atoms with Crippen LogP contribution in [0.2, 0.25) is 0 Å². The number of piperazine rings is 1. The first-order chi connectivity index (χ1) is 17.6. The Balaban J connectivity index is 1.22. The summed E-state index contributed by atoms with van der Waals surface area (Å²) < 4.78 is 0. The average Bonchev–Trinajstić information content (AvgIpc) is 2.90. The van der Waals surface area contributed by atoms with Crippen LogP contribution in [0, 0.1) is 0 Å². The topological polar surface area (TPSA) is 86.3 Å². The average molecular weight is 480 g/mol. The molecule has 0 saturated carbocycles. The number of carbonyl (C=O) groups excluding carboxylic acids is 1. The lowest BCUT2D eigenvalue weighted by atomic mass is 10.1. The lowest BCUT2D eigenvalue weighted by Gasteiger charge is -2.36. The third-order valence-corrected chi connectivity index (χ3v) is 6.13. The predicted octanol–water partition coefficient (Wildman–Crippen LogP) is 4.56. The van der Waals surface area contributed by atoms with Crippen LogP contribution >= 0.6 is 0 Å². The van der Waals surface area contributed by atoms with E-state index in [2.05, 4.69) is 59.7 Å². The summed E-state index contributed by atoms with van der Waals surface area (Å²) in [5.74, 6) is 0.446. The Morgan fingerprint density at radius 2 is 1.75 bits per heavy atom. The van der Waals surface area contributed by atoms with Gasteiger partial charge in [0.1, 0.15) is 0 Å². The number of rotatable bonds is 7. The molecule has 0 radical (unpaired) electrons. The third-order valence-electron chi connectivity index (χ3n) is 6.13. The van der Waals surface area contributed by atoms with Gasteiger partial charge < -0.3 is 15.5 Å². The molecule has 8 nitrogen and oxygen atoms in total. The minimum absolute atomic E-state index is 0.0925. The largest absolute Gasteiger partial charge is 0.369 e. The summed E-state index contributed by atoms with van der Waals surface area (Å²) in [5, 5.41) is 6.13. The van der Waals surface area contributed by atoms with E-state index in [-0.39, 0.29) is 5.91 Å². The summed E-state index contributed by atoms with van der Waals surface area (Å²) in [6.45, 7) is 6.41. The first kappa shape index (κ1) is 23.4. The van der Waals surface area contributed by atoms with E-state index >= 15 is 0 Å². The summed E-state index contributed by atoms with van der Waals surface area (Å²) in [4.78, 5) is 29.4. The van der Waals surface area contributed by atoms with Gasteiger partial charge in [0, 0.05) is 80.9 Å². The molecule has 0 spiro atoms. The molecule has 0 unspecified atom stereocenters. The minimum atomic E-state index is -0.0925. The molecule has 1 aliphatic rings. The molecule has 2 aromatic carbocycles. The van der Waals surface area contributed by atoms with Crippen LogP contribution in [0.15, 0.2) is 85.3 Å². The van der Waals surface area contributed by atoms with Gasteiger partial charge in [-0.25, -0.2) is 9.97 Å². The number of hydrogen-bond acceptors (Lipinski definition) is 7. The number of benzene rings is 2. The molecule has 5 rings (SSSR count). The summed E-state index contributed by atoms with van der Waals surface area (Å²) in [5.41, 5.74) is 5.90. The van der Waals surface area contributed by atoms with Gasteiger partial charge in [0.15, 0.2) is 0 Å². The van der Waals surface area contributed by atoms with E-state index in [0.717, 1.165) is 55.4 Å². The normalized spacial score (nSPS) is 13.9. The number of hydrogen-bond donors (Lipinski definition) is 2. The quantitative estimate of drug-likeness (QED) is 0.402. The van der Waals surface area contributed by atoms with Crippen LogP contribution in [-0.2, 0) is 11.3 Å². The zero-order valence-electron chi connectivity index (χ0n) is 20.3. The number of nitrogens with one attached hydrogen (secondary N) is 2. The summed E-state index contributed by atoms with van der Waals surface area (Å²) in [6.07, 6.45) is 5.51. The summed E-state index contributed by atoms with van der Waals surface area (Å²) in [7, 11) is 0. The fourth-order valence-electron chi connectivity index (χ4n) is 4.33. The fourth-order valence-corrected chi connectivity index (χ4v) is 4.33. The monoisotopic (exact) mass is 479 g/mol. The lowest BCUT2D eigenvalue weighted by Crippen LogP contribution is -2.45. The van der Waals surface area contributed by atoms with Crippen molar-refractivity contribution in [2.24, 2.45) is 0 Å². The van der Waals surface area contributed by atoms with E-state index in [0.29, 0.717) is 5.95 Å². The zero-order chi connectivity index (χ0) is 24.7. The molecule has 0 aliphatic carbocycles. The third kappa shape index (κ3) is 6.03. The molecule has 1 amide bonds. The van der Waals surface area contributed by atoms with Crippen molar-refractivity contribution in [2.45, 2.75) is 13.5 Å². The number of amides is 1. The van der Waals surface area contributed by atoms with Crippen LogP contribution in [0.4, 0.5) is 23.0 Å². The number of anilines is 4. The van der Waals surface area contributed by atoms with Gasteiger partial charge in [0.25, 0.3) is 0 Å². The number of pyridine rings is 1. The van der Waals surface area contributed by atoms with Gasteiger partial charge in [0.2, 0.25) is 11.9 Å². The van der Waals surface area contributed by atoms with E-state index in [9.17, 15) is 4.79 Å². The van der Waals surface area contributed by atoms with E-state index in [1.807, 2.05) is 54.9 Å². The van der Waals surface area contributed by atoms with E-state index in [1.165, 1.54) is 18.2 Å². The lowest BCUT2D eigenvalue weighted by molar-refractivity contribution is -0.114. The molecule has 36 heavy (non-hydrogen) atoms. The second-order valence-corrected chi connectivity index (χ2v) is 8.82. The fraction of sp³-hybridized carbons (Fsp3) is 0.214. The molecular weight excluding hydrogens is 450 g/mol. The van der Waals surface area contributed by atoms with Gasteiger partial charge in [0.05, 0.1) is 5.69 Å². The molecule has 2 aromatic heterocycles. The highest BCUT2D eigenvalue weighted by molar-refractivity contribution is 5.88. The van der Waals surface area contributed by atoms with Gasteiger partial charge in [-0.15, -0.1) is 0 Å². The van der Waals surface area contributed by atoms with Crippen LogP contribution in [0.3, 0.4) is 0 Å². The van der Waals surface area contributed by atoms with Gasteiger partial charge in [-0.05, 0) is 48.0 Å². The molecule has 182 valence electrons. The SMILES string of the molecule is CC(=O)Nc1ccc(-c2ccnc(Nc3cccc(N4CCN(Cc5cccnc5)CC4)c3)n2)cc1. The smallest absolute Gasteiger partial charge is 0.227 e. The predicted molar refractivity (Wildman–Crippen MR) is 143 cm³/mol. The molecule has 1 aliphatic heterocycles. The first-order valence-corrected chi connectivity index (χ1v) is 12.1. The Morgan fingerprint density at radius 3 is 2.50 bits per heavy atom. The maximum atomic E-state index is 11.2. The van der Waals surface area contributed by atoms with Crippen LogP contribution in [0.5, 0.6) is 0 Å². The van der Waals surface area contributed by atoms with Crippen LogP contribution in [-0.4, -0.2) is 51.9 Å². The van der Waals surface area contributed by atoms with Crippen LogP contribution < -0.4 is 15.5 Å². The molecule has 0 bridgehead atoms. The summed E-state index contributed by atoms with van der Waals surface area (Å²) in [6, 6.07) is 22.0. The maximum Gasteiger partial charge on any atom is 0.227 e. The molecule has 2 N–H and O–H groups in total. The van der Waals surface area contributed by atoms with Crippen molar-refractivity contribution >= 4 is 28.9 Å². The van der Waals surface area contributed by atoms with E-state index in [4.69, 9.17) is 0 Å². The van der Waals surface area contributed by atoms with Gasteiger partial charge in [-0.2, -0.15) is 0 Å². The zero-order valence-corrected chi connectivity index (χ0v) is 20.3. The van der Waals surface area contributed by atoms with Gasteiger partial charge >= 0.3 is 0 Å². The van der Waals surface area contributed by atoms with Crippen molar-refractivity contribution in [2.75, 3.05) is 41.7 Å². The Morgan fingerprint density at radius 1 is 0.917 bits per heavy atom. The Hall–Kier alpha value is -4.30. The van der Waals surface area contributed by atoms with Crippen LogP contribution in [0.1, 0.15) is 12.5 Å². The Kier molecular flexibility index (Phi) is 7.14. The Labute approximate surface area is 211 Å². The number of carbonyl (C=O) groups is 1. The minimum Gasteiger partial charge on any atom is -0.369 e. The van der Waals surface area contributed by atoms with Gasteiger partial charge in [-0.3, -0.25) is 14.7 Å². The second kappa shape index (κ2) is 11.0. The number of aromatic nitrogens is 3. The van der Waals surface area contributed by atoms with Crippen molar-refractivity contribution < 1.29 is 4.79 Å². The molecule has 4 aromatic rings. The standard InChI is InChI=1S/C28H29N7O/c1-21(36)31-24-9-7-23(8-10-24)27-11-13-30-28(33-27)32-25-5-2-6-26(18-25)35-16-14-34(15-17-35)20-22-4-3-12-29-19-22/h2-13,18-19H,14-17,20H2,1H3,(H,31,36)(H,30,32,33). The van der Waals surface area contributed by atoms with Crippen molar-refractivity contribution in [1.29, 1.82) is 0 Å². The maximum absolute atomic E-state index is 11.2. The van der Waals surface area contributed by atoms with Crippen molar-refractivity contribution in [3.05, 3.63) is 90.9 Å². The molecule has 3 heterocycles. The molecular formula is C28H29N7O. The van der Waals surface area contributed by atoms with Crippen molar-refractivity contribution in [3.8, 4) is 11.3 Å². The highest BCUT2D eigenvalue weighted by Crippen LogP contribution is 2.25.